The lowest BCUT2D eigenvalue weighted by atomic mass is 9.97. The van der Waals surface area contributed by atoms with E-state index in [0.717, 1.165) is 19.4 Å². The highest BCUT2D eigenvalue weighted by Gasteiger charge is 2.24. The van der Waals surface area contributed by atoms with E-state index in [9.17, 15) is 4.79 Å². The summed E-state index contributed by atoms with van der Waals surface area (Å²) < 4.78 is 5.48. The van der Waals surface area contributed by atoms with Crippen LogP contribution >= 0.6 is 0 Å². The maximum atomic E-state index is 10.9. The van der Waals surface area contributed by atoms with Gasteiger partial charge in [0.25, 0.3) is 0 Å². The summed E-state index contributed by atoms with van der Waals surface area (Å²) in [6.07, 6.45) is 7.60. The van der Waals surface area contributed by atoms with Crippen LogP contribution in [-0.2, 0) is 9.53 Å². The molecule has 0 aromatic carbocycles. The minimum Gasteiger partial charge on any atom is -0.381 e. The van der Waals surface area contributed by atoms with Crippen molar-refractivity contribution >= 4 is 5.91 Å². The van der Waals surface area contributed by atoms with Crippen molar-refractivity contribution in [1.82, 2.24) is 0 Å². The third kappa shape index (κ3) is 9.12. The first kappa shape index (κ1) is 16.4. The molecular weight excluding hydrogens is 216 g/mol. The van der Waals surface area contributed by atoms with E-state index in [2.05, 4.69) is 6.92 Å². The zero-order valence-corrected chi connectivity index (χ0v) is 11.3. The number of primary amides is 1. The van der Waals surface area contributed by atoms with Crippen molar-refractivity contribution in [3.63, 3.8) is 0 Å². The molecule has 0 aliphatic rings. The molecule has 4 nitrogen and oxygen atoms in total. The molecule has 1 atom stereocenters. The second kappa shape index (κ2) is 9.42. The fourth-order valence-corrected chi connectivity index (χ4v) is 1.57. The molecule has 17 heavy (non-hydrogen) atoms. The van der Waals surface area contributed by atoms with Gasteiger partial charge in [0.15, 0.2) is 0 Å². The SMILES string of the molecule is CCCCCCCOCCCC(C)(N)C(N)=O. The van der Waals surface area contributed by atoms with E-state index in [-0.39, 0.29) is 0 Å². The molecule has 0 fully saturated rings. The maximum absolute atomic E-state index is 10.9. The largest absolute Gasteiger partial charge is 0.381 e. The minimum atomic E-state index is -0.898. The molecule has 0 saturated heterocycles. The van der Waals surface area contributed by atoms with Gasteiger partial charge in [0.2, 0.25) is 5.91 Å². The Morgan fingerprint density at radius 2 is 1.71 bits per heavy atom. The molecule has 0 aliphatic carbocycles. The number of carbonyl (C=O) groups excluding carboxylic acids is 1. The van der Waals surface area contributed by atoms with Crippen molar-refractivity contribution in [2.45, 2.75) is 64.3 Å². The summed E-state index contributed by atoms with van der Waals surface area (Å²) in [4.78, 5) is 10.9. The van der Waals surface area contributed by atoms with E-state index < -0.39 is 11.4 Å². The molecule has 0 rings (SSSR count). The Bertz CT molecular complexity index is 206. The number of hydrogen-bond donors (Lipinski definition) is 2. The second-order valence-electron chi connectivity index (χ2n) is 4.91. The standard InChI is InChI=1S/C13H28N2O2/c1-3-4-5-6-7-10-17-11-8-9-13(2,15)12(14)16/h3-11,15H2,1-2H3,(H2,14,16). The Morgan fingerprint density at radius 1 is 1.12 bits per heavy atom. The third-order valence-electron chi connectivity index (χ3n) is 2.94. The van der Waals surface area contributed by atoms with Gasteiger partial charge in [-0.05, 0) is 26.2 Å². The van der Waals surface area contributed by atoms with Gasteiger partial charge >= 0.3 is 0 Å². The van der Waals surface area contributed by atoms with Crippen LogP contribution in [0.3, 0.4) is 0 Å². The maximum Gasteiger partial charge on any atom is 0.237 e. The summed E-state index contributed by atoms with van der Waals surface area (Å²) in [5.74, 6) is -0.447. The fraction of sp³-hybridized carbons (Fsp3) is 0.923. The number of unbranched alkanes of at least 4 members (excludes halogenated alkanes) is 4. The lowest BCUT2D eigenvalue weighted by molar-refractivity contribution is -0.122. The zero-order valence-electron chi connectivity index (χ0n) is 11.3. The monoisotopic (exact) mass is 244 g/mol. The number of rotatable bonds is 11. The molecular formula is C13H28N2O2. The average Bonchev–Trinajstić information content (AvgIpc) is 2.26. The summed E-state index contributed by atoms with van der Waals surface area (Å²) in [6, 6.07) is 0. The van der Waals surface area contributed by atoms with Crippen LogP contribution in [-0.4, -0.2) is 24.7 Å². The predicted octanol–water partition coefficient (Wildman–Crippen LogP) is 1.96. The van der Waals surface area contributed by atoms with E-state index in [4.69, 9.17) is 16.2 Å². The van der Waals surface area contributed by atoms with E-state index in [0.29, 0.717) is 13.0 Å². The molecule has 0 bridgehead atoms. The molecule has 1 amide bonds. The van der Waals surface area contributed by atoms with E-state index in [1.54, 1.807) is 6.92 Å². The van der Waals surface area contributed by atoms with Crippen LogP contribution in [0.5, 0.6) is 0 Å². The van der Waals surface area contributed by atoms with Crippen LogP contribution in [0.2, 0.25) is 0 Å². The molecule has 0 saturated carbocycles. The van der Waals surface area contributed by atoms with Crippen LogP contribution in [0.25, 0.3) is 0 Å². The number of ether oxygens (including phenoxy) is 1. The van der Waals surface area contributed by atoms with Crippen LogP contribution in [0.15, 0.2) is 0 Å². The topological polar surface area (TPSA) is 78.3 Å². The third-order valence-corrected chi connectivity index (χ3v) is 2.94. The fourth-order valence-electron chi connectivity index (χ4n) is 1.57. The average molecular weight is 244 g/mol. The van der Waals surface area contributed by atoms with E-state index >= 15 is 0 Å². The van der Waals surface area contributed by atoms with Crippen LogP contribution in [0.4, 0.5) is 0 Å². The highest BCUT2D eigenvalue weighted by molar-refractivity contribution is 5.83. The van der Waals surface area contributed by atoms with Gasteiger partial charge in [-0.25, -0.2) is 0 Å². The van der Waals surface area contributed by atoms with Crippen molar-refractivity contribution in [3.8, 4) is 0 Å². The number of nitrogens with two attached hydrogens (primary N) is 2. The molecule has 102 valence electrons. The van der Waals surface area contributed by atoms with Gasteiger partial charge < -0.3 is 16.2 Å². The van der Waals surface area contributed by atoms with Gasteiger partial charge in [0, 0.05) is 13.2 Å². The van der Waals surface area contributed by atoms with Gasteiger partial charge in [0.1, 0.15) is 0 Å². The van der Waals surface area contributed by atoms with Crippen LogP contribution in [0.1, 0.15) is 58.8 Å². The van der Waals surface area contributed by atoms with Crippen molar-refractivity contribution in [1.29, 1.82) is 0 Å². The van der Waals surface area contributed by atoms with E-state index in [1.165, 1.54) is 25.7 Å². The van der Waals surface area contributed by atoms with E-state index in [1.807, 2.05) is 0 Å². The van der Waals surface area contributed by atoms with Gasteiger partial charge in [-0.1, -0.05) is 32.6 Å². The molecule has 0 heterocycles. The highest BCUT2D eigenvalue weighted by atomic mass is 16.5. The minimum absolute atomic E-state index is 0.447. The number of hydrogen-bond acceptors (Lipinski definition) is 3. The van der Waals surface area contributed by atoms with Crippen LogP contribution < -0.4 is 11.5 Å². The predicted molar refractivity (Wildman–Crippen MR) is 70.6 cm³/mol. The highest BCUT2D eigenvalue weighted by Crippen LogP contribution is 2.08. The summed E-state index contributed by atoms with van der Waals surface area (Å²) in [7, 11) is 0. The van der Waals surface area contributed by atoms with Gasteiger partial charge in [-0.15, -0.1) is 0 Å². The summed E-state index contributed by atoms with van der Waals surface area (Å²) in [6.45, 7) is 5.34. The van der Waals surface area contributed by atoms with Crippen molar-refractivity contribution < 1.29 is 9.53 Å². The first-order valence-corrected chi connectivity index (χ1v) is 6.67. The number of amides is 1. The van der Waals surface area contributed by atoms with Gasteiger partial charge in [0.05, 0.1) is 5.54 Å². The van der Waals surface area contributed by atoms with Gasteiger partial charge in [-0.3, -0.25) is 4.79 Å². The summed E-state index contributed by atoms with van der Waals surface area (Å²) in [5.41, 5.74) is 10.0. The molecule has 4 N–H and O–H groups in total. The molecule has 0 spiro atoms. The molecule has 0 aromatic rings. The molecule has 0 radical (unpaired) electrons. The van der Waals surface area contributed by atoms with Crippen molar-refractivity contribution in [2.24, 2.45) is 11.5 Å². The van der Waals surface area contributed by atoms with Crippen LogP contribution in [0, 0.1) is 0 Å². The lowest BCUT2D eigenvalue weighted by Gasteiger charge is -2.19. The Kier molecular flexibility index (Phi) is 9.09. The molecule has 0 aliphatic heterocycles. The Morgan fingerprint density at radius 3 is 2.29 bits per heavy atom. The second-order valence-corrected chi connectivity index (χ2v) is 4.91. The molecule has 1 unspecified atom stereocenters. The Hall–Kier alpha value is -0.610. The quantitative estimate of drug-likeness (QED) is 0.545. The van der Waals surface area contributed by atoms with Crippen molar-refractivity contribution in [2.75, 3.05) is 13.2 Å². The zero-order chi connectivity index (χ0) is 13.1. The first-order valence-electron chi connectivity index (χ1n) is 6.67. The Labute approximate surface area is 105 Å². The molecule has 4 heteroatoms. The van der Waals surface area contributed by atoms with Crippen molar-refractivity contribution in [3.05, 3.63) is 0 Å². The summed E-state index contributed by atoms with van der Waals surface area (Å²) >= 11 is 0. The lowest BCUT2D eigenvalue weighted by Crippen LogP contribution is -2.49. The smallest absolute Gasteiger partial charge is 0.237 e. The first-order chi connectivity index (χ1) is 8.00. The summed E-state index contributed by atoms with van der Waals surface area (Å²) in [5, 5.41) is 0. The molecule has 0 aromatic heterocycles. The normalized spacial score (nSPS) is 14.5. The number of carbonyl (C=O) groups is 1. The Balaban J connectivity index is 3.27. The van der Waals surface area contributed by atoms with Gasteiger partial charge in [-0.2, -0.15) is 0 Å².